The predicted octanol–water partition coefficient (Wildman–Crippen LogP) is 1.20. The summed E-state index contributed by atoms with van der Waals surface area (Å²) in [5.41, 5.74) is 0.213. The third kappa shape index (κ3) is 5.84. The van der Waals surface area contributed by atoms with Crippen molar-refractivity contribution in [3.63, 3.8) is 0 Å². The van der Waals surface area contributed by atoms with Crippen LogP contribution in [0.25, 0.3) is 0 Å². The van der Waals surface area contributed by atoms with Crippen LogP contribution in [0.4, 0.5) is 0 Å². The summed E-state index contributed by atoms with van der Waals surface area (Å²) < 4.78 is 0. The average Bonchev–Trinajstić information content (AvgIpc) is 2.34. The minimum atomic E-state index is -0.791. The van der Waals surface area contributed by atoms with Crippen LogP contribution in [0.3, 0.4) is 0 Å². The maximum absolute atomic E-state index is 10.2. The van der Waals surface area contributed by atoms with Crippen LogP contribution in [0, 0.1) is 11.3 Å². The van der Waals surface area contributed by atoms with Crippen molar-refractivity contribution in [3.05, 3.63) is 35.9 Å². The van der Waals surface area contributed by atoms with Gasteiger partial charge in [-0.1, -0.05) is 30.3 Å². The first kappa shape index (κ1) is 15.6. The Kier molecular flexibility index (Phi) is 5.97. The van der Waals surface area contributed by atoms with E-state index in [2.05, 4.69) is 11.4 Å². The van der Waals surface area contributed by atoms with E-state index >= 15 is 0 Å². The van der Waals surface area contributed by atoms with E-state index in [9.17, 15) is 10.4 Å². The van der Waals surface area contributed by atoms with E-state index in [0.29, 0.717) is 19.6 Å². The van der Waals surface area contributed by atoms with Gasteiger partial charge in [0.2, 0.25) is 0 Å². The molecule has 2 unspecified atom stereocenters. The van der Waals surface area contributed by atoms with E-state index in [1.54, 1.807) is 6.92 Å². The molecule has 0 fully saturated rings. The molecule has 0 aromatic heterocycles. The lowest BCUT2D eigenvalue weighted by Gasteiger charge is -2.27. The summed E-state index contributed by atoms with van der Waals surface area (Å²) in [4.78, 5) is 1.95. The quantitative estimate of drug-likeness (QED) is 0.774. The first-order valence-corrected chi connectivity index (χ1v) is 6.47. The molecule has 0 aliphatic heterocycles. The molecule has 0 amide bonds. The summed E-state index contributed by atoms with van der Waals surface area (Å²) in [6.07, 6.45) is 0. The van der Waals surface area contributed by atoms with Crippen LogP contribution in [0.15, 0.2) is 30.3 Å². The SMILES string of the molecule is CN(C)CC(C)(O)CNCC(C#N)c1ccccc1. The van der Waals surface area contributed by atoms with Crippen LogP contribution in [-0.2, 0) is 0 Å². The highest BCUT2D eigenvalue weighted by molar-refractivity contribution is 5.25. The van der Waals surface area contributed by atoms with Crippen molar-refractivity contribution in [2.45, 2.75) is 18.4 Å². The van der Waals surface area contributed by atoms with Gasteiger partial charge in [-0.3, -0.25) is 0 Å². The molecule has 1 aromatic rings. The van der Waals surface area contributed by atoms with Gasteiger partial charge in [-0.15, -0.1) is 0 Å². The van der Waals surface area contributed by atoms with Gasteiger partial charge in [0.05, 0.1) is 17.6 Å². The van der Waals surface area contributed by atoms with Crippen molar-refractivity contribution in [1.29, 1.82) is 5.26 Å². The lowest BCUT2D eigenvalue weighted by molar-refractivity contribution is 0.0339. The summed E-state index contributed by atoms with van der Waals surface area (Å²) in [5, 5.41) is 22.5. The van der Waals surface area contributed by atoms with Crippen LogP contribution >= 0.6 is 0 Å². The highest BCUT2D eigenvalue weighted by Crippen LogP contribution is 2.13. The highest BCUT2D eigenvalue weighted by atomic mass is 16.3. The third-order valence-corrected chi connectivity index (χ3v) is 2.87. The minimum Gasteiger partial charge on any atom is -0.388 e. The first-order chi connectivity index (χ1) is 8.94. The Balaban J connectivity index is 2.46. The zero-order valence-corrected chi connectivity index (χ0v) is 11.9. The topological polar surface area (TPSA) is 59.3 Å². The lowest BCUT2D eigenvalue weighted by Crippen LogP contribution is -2.46. The Morgan fingerprint density at radius 2 is 2.00 bits per heavy atom. The fraction of sp³-hybridized carbons (Fsp3) is 0.533. The fourth-order valence-electron chi connectivity index (χ4n) is 2.15. The second kappa shape index (κ2) is 7.25. The molecule has 4 heteroatoms. The third-order valence-electron chi connectivity index (χ3n) is 2.87. The molecule has 0 bridgehead atoms. The molecule has 19 heavy (non-hydrogen) atoms. The normalized spacial score (nSPS) is 15.8. The van der Waals surface area contributed by atoms with E-state index in [1.165, 1.54) is 0 Å². The Hall–Kier alpha value is -1.41. The van der Waals surface area contributed by atoms with Gasteiger partial charge in [0, 0.05) is 19.6 Å². The van der Waals surface area contributed by atoms with Crippen molar-refractivity contribution >= 4 is 0 Å². The molecule has 104 valence electrons. The number of nitrogens with zero attached hydrogens (tertiary/aromatic N) is 2. The molecule has 0 saturated carbocycles. The smallest absolute Gasteiger partial charge is 0.0869 e. The second-order valence-electron chi connectivity index (χ2n) is 5.46. The van der Waals surface area contributed by atoms with E-state index < -0.39 is 5.60 Å². The predicted molar refractivity (Wildman–Crippen MR) is 76.8 cm³/mol. The number of rotatable bonds is 7. The number of hydrogen-bond acceptors (Lipinski definition) is 4. The van der Waals surface area contributed by atoms with Crippen LogP contribution < -0.4 is 5.32 Å². The maximum Gasteiger partial charge on any atom is 0.0869 e. The highest BCUT2D eigenvalue weighted by Gasteiger charge is 2.21. The Labute approximate surface area is 115 Å². The van der Waals surface area contributed by atoms with Crippen LogP contribution in [0.1, 0.15) is 18.4 Å². The Bertz CT molecular complexity index is 409. The molecule has 2 N–H and O–H groups in total. The molecule has 0 aliphatic rings. The summed E-state index contributed by atoms with van der Waals surface area (Å²) >= 11 is 0. The number of nitrogens with one attached hydrogen (secondary N) is 1. The average molecular weight is 261 g/mol. The molecule has 4 nitrogen and oxygen atoms in total. The minimum absolute atomic E-state index is 0.184. The molecule has 0 aliphatic carbocycles. The monoisotopic (exact) mass is 261 g/mol. The molecule has 0 radical (unpaired) electrons. The van der Waals surface area contributed by atoms with Crippen molar-refractivity contribution < 1.29 is 5.11 Å². The molecule has 0 saturated heterocycles. The molecule has 1 aromatic carbocycles. The van der Waals surface area contributed by atoms with Gasteiger partial charge >= 0.3 is 0 Å². The second-order valence-corrected chi connectivity index (χ2v) is 5.46. The summed E-state index contributed by atoms with van der Waals surface area (Å²) in [6.45, 7) is 3.40. The van der Waals surface area contributed by atoms with Crippen LogP contribution in [0.5, 0.6) is 0 Å². The number of aliphatic hydroxyl groups is 1. The van der Waals surface area contributed by atoms with Gasteiger partial charge in [0.25, 0.3) is 0 Å². The van der Waals surface area contributed by atoms with Crippen molar-refractivity contribution in [3.8, 4) is 6.07 Å². The summed E-state index contributed by atoms with van der Waals surface area (Å²) in [7, 11) is 3.85. The molecule has 2 atom stereocenters. The molecular formula is C15H23N3O. The molecular weight excluding hydrogens is 238 g/mol. The van der Waals surface area contributed by atoms with Gasteiger partial charge in [0.15, 0.2) is 0 Å². The van der Waals surface area contributed by atoms with Crippen LogP contribution in [0.2, 0.25) is 0 Å². The zero-order chi connectivity index (χ0) is 14.3. The Morgan fingerprint density at radius 1 is 1.37 bits per heavy atom. The van der Waals surface area contributed by atoms with Crippen molar-refractivity contribution in [1.82, 2.24) is 10.2 Å². The van der Waals surface area contributed by atoms with Gasteiger partial charge in [0.1, 0.15) is 0 Å². The van der Waals surface area contributed by atoms with Gasteiger partial charge in [-0.05, 0) is 26.6 Å². The van der Waals surface area contributed by atoms with Crippen LogP contribution in [-0.4, -0.2) is 49.3 Å². The standard InChI is InChI=1S/C15H23N3O/c1-15(19,12-18(2)3)11-17-10-14(9-16)13-7-5-4-6-8-13/h4-8,14,17,19H,10-12H2,1-3H3. The number of nitriles is 1. The molecule has 1 rings (SSSR count). The summed E-state index contributed by atoms with van der Waals surface area (Å²) in [6, 6.07) is 12.0. The largest absolute Gasteiger partial charge is 0.388 e. The fourth-order valence-corrected chi connectivity index (χ4v) is 2.15. The van der Waals surface area contributed by atoms with E-state index in [1.807, 2.05) is 49.3 Å². The number of benzene rings is 1. The number of hydrogen-bond donors (Lipinski definition) is 2. The zero-order valence-electron chi connectivity index (χ0n) is 11.9. The van der Waals surface area contributed by atoms with Crippen molar-refractivity contribution in [2.75, 3.05) is 33.7 Å². The maximum atomic E-state index is 10.2. The number of likely N-dealkylation sites (N-methyl/N-ethyl adjacent to an activating group) is 1. The Morgan fingerprint density at radius 3 is 2.53 bits per heavy atom. The summed E-state index contributed by atoms with van der Waals surface area (Å²) in [5.74, 6) is -0.184. The van der Waals surface area contributed by atoms with Gasteiger partial charge in [-0.25, -0.2) is 0 Å². The first-order valence-electron chi connectivity index (χ1n) is 6.47. The van der Waals surface area contributed by atoms with Gasteiger partial charge in [-0.2, -0.15) is 5.26 Å². The molecule has 0 heterocycles. The molecule has 0 spiro atoms. The van der Waals surface area contributed by atoms with E-state index in [4.69, 9.17) is 0 Å². The van der Waals surface area contributed by atoms with E-state index in [0.717, 1.165) is 5.56 Å². The van der Waals surface area contributed by atoms with E-state index in [-0.39, 0.29) is 5.92 Å². The van der Waals surface area contributed by atoms with Crippen molar-refractivity contribution in [2.24, 2.45) is 0 Å². The van der Waals surface area contributed by atoms with Gasteiger partial charge < -0.3 is 15.3 Å². The lowest BCUT2D eigenvalue weighted by atomic mass is 10.00.